The fraction of sp³-hybridized carbons (Fsp3) is 0.447. The number of nitrogens with two attached hydrogens (primary N) is 1. The number of quaternary nitrogens is 1. The highest BCUT2D eigenvalue weighted by Crippen LogP contribution is 2.48. The molecule has 0 amide bonds. The summed E-state index contributed by atoms with van der Waals surface area (Å²) in [6.07, 6.45) is 2.52. The lowest BCUT2D eigenvalue weighted by molar-refractivity contribution is 0.177. The second kappa shape index (κ2) is 15.2. The van der Waals surface area contributed by atoms with E-state index >= 15 is 0 Å². The van der Waals surface area contributed by atoms with E-state index in [0.717, 1.165) is 66.2 Å². The normalized spacial score (nSPS) is 18.8. The van der Waals surface area contributed by atoms with Gasteiger partial charge in [0.05, 0.1) is 12.7 Å². The molecular formula is C38H50F3N4+. The van der Waals surface area contributed by atoms with E-state index < -0.39 is 17.8 Å². The minimum atomic E-state index is -0.839. The molecule has 3 aromatic rings. The Labute approximate surface area is 268 Å². The summed E-state index contributed by atoms with van der Waals surface area (Å²) in [5.41, 5.74) is 11.1. The average Bonchev–Trinajstić information content (AvgIpc) is 2.99. The number of hydrogen-bond acceptors (Lipinski definition) is 3. The first-order valence-electron chi connectivity index (χ1n) is 16.4. The maximum Gasteiger partial charge on any atom is 0.214 e. The van der Waals surface area contributed by atoms with Gasteiger partial charge in [-0.25, -0.2) is 22.6 Å². The first-order valence-corrected chi connectivity index (χ1v) is 16.4. The van der Waals surface area contributed by atoms with Gasteiger partial charge in [0, 0.05) is 43.2 Å². The van der Waals surface area contributed by atoms with E-state index in [1.165, 1.54) is 12.1 Å². The smallest absolute Gasteiger partial charge is 0.214 e. The Morgan fingerprint density at radius 1 is 1.02 bits per heavy atom. The molecule has 0 aliphatic heterocycles. The van der Waals surface area contributed by atoms with Crippen LogP contribution in [-0.2, 0) is 6.42 Å². The highest BCUT2D eigenvalue weighted by atomic mass is 19.1. The number of rotatable bonds is 14. The standard InChI is InChI=1S/C38H50F3N4/c1-7-19-44(25-26(3)4)27(5)45(6,36-16-12-15-34(35(42)8-2)38(36)29-22-32(41)23-29)37(43-33-13-10-9-11-14-33)18-17-28-20-30(39)24-31(40)21-28/h9-16,20-21,24,26,29,32,35H,5,7-8,17-19,22-23,25,42H2,1-4,6H3/q+1. The molecule has 7 heteroatoms. The Kier molecular flexibility index (Phi) is 11.7. The molecule has 0 saturated heterocycles. The van der Waals surface area contributed by atoms with Crippen LogP contribution >= 0.6 is 0 Å². The fourth-order valence-corrected chi connectivity index (χ4v) is 6.52. The third-order valence-electron chi connectivity index (χ3n) is 8.98. The lowest BCUT2D eigenvalue weighted by Gasteiger charge is -2.44. The molecule has 1 fully saturated rings. The van der Waals surface area contributed by atoms with Gasteiger partial charge in [0.15, 0.2) is 0 Å². The highest BCUT2D eigenvalue weighted by Gasteiger charge is 2.45. The fourth-order valence-electron chi connectivity index (χ4n) is 6.52. The van der Waals surface area contributed by atoms with Crippen molar-refractivity contribution < 1.29 is 13.2 Å². The zero-order valence-electron chi connectivity index (χ0n) is 27.6. The van der Waals surface area contributed by atoms with Crippen LogP contribution < -0.4 is 10.2 Å². The number of amidine groups is 1. The molecule has 2 N–H and O–H groups in total. The number of aryl methyl sites for hydroxylation is 1. The van der Waals surface area contributed by atoms with Gasteiger partial charge in [-0.15, -0.1) is 0 Å². The van der Waals surface area contributed by atoms with Crippen LogP contribution in [0.2, 0.25) is 0 Å². The van der Waals surface area contributed by atoms with Crippen molar-refractivity contribution in [3.8, 4) is 0 Å². The largest absolute Gasteiger partial charge is 0.328 e. The first kappa shape index (κ1) is 34.5. The van der Waals surface area contributed by atoms with Gasteiger partial charge in [-0.2, -0.15) is 0 Å². The van der Waals surface area contributed by atoms with E-state index in [1.807, 2.05) is 36.4 Å². The van der Waals surface area contributed by atoms with Crippen LogP contribution in [-0.4, -0.2) is 37.0 Å². The van der Waals surface area contributed by atoms with Crippen molar-refractivity contribution in [3.05, 3.63) is 107 Å². The van der Waals surface area contributed by atoms with Gasteiger partial charge in [-0.3, -0.25) is 0 Å². The molecule has 1 aliphatic rings. The van der Waals surface area contributed by atoms with Crippen molar-refractivity contribution in [2.75, 3.05) is 20.1 Å². The van der Waals surface area contributed by atoms with Gasteiger partial charge >= 0.3 is 0 Å². The van der Waals surface area contributed by atoms with Gasteiger partial charge < -0.3 is 10.6 Å². The zero-order valence-corrected chi connectivity index (χ0v) is 27.6. The van der Waals surface area contributed by atoms with E-state index in [9.17, 15) is 13.2 Å². The van der Waals surface area contributed by atoms with Crippen LogP contribution in [0, 0.1) is 17.6 Å². The number of alkyl halides is 1. The van der Waals surface area contributed by atoms with Gasteiger partial charge in [0.25, 0.3) is 0 Å². The Hall–Kier alpha value is -3.42. The topological polar surface area (TPSA) is 41.6 Å². The molecule has 0 spiro atoms. The van der Waals surface area contributed by atoms with Crippen molar-refractivity contribution in [2.45, 2.75) is 84.4 Å². The summed E-state index contributed by atoms with van der Waals surface area (Å²) in [6.45, 7) is 15.0. The van der Waals surface area contributed by atoms with Crippen molar-refractivity contribution in [1.82, 2.24) is 9.38 Å². The maximum atomic E-state index is 14.5. The predicted octanol–water partition coefficient (Wildman–Crippen LogP) is 9.73. The quantitative estimate of drug-likeness (QED) is 0.111. The SMILES string of the molecule is C=C(N(CCC)CC(C)C)[N+](C)(C(CCc1cc(F)cc(F)c1)=Nc1ccccc1)c1cccc(C(N)CC)c1C1CC(F)C1. The number of benzene rings is 3. The lowest BCUT2D eigenvalue weighted by atomic mass is 9.74. The van der Waals surface area contributed by atoms with Crippen molar-refractivity contribution >= 4 is 17.2 Å². The molecule has 1 saturated carbocycles. The van der Waals surface area contributed by atoms with E-state index in [1.54, 1.807) is 0 Å². The summed E-state index contributed by atoms with van der Waals surface area (Å²) < 4.78 is 43.2. The van der Waals surface area contributed by atoms with Crippen molar-refractivity contribution in [3.63, 3.8) is 0 Å². The molecule has 0 heterocycles. The number of para-hydroxylation sites is 1. The molecular weight excluding hydrogens is 569 g/mol. The summed E-state index contributed by atoms with van der Waals surface area (Å²) >= 11 is 0. The number of halogens is 3. The molecule has 4 rings (SSSR count). The van der Waals surface area contributed by atoms with Crippen LogP contribution in [0.25, 0.3) is 0 Å². The Morgan fingerprint density at radius 2 is 1.69 bits per heavy atom. The van der Waals surface area contributed by atoms with Gasteiger partial charge in [-0.1, -0.05) is 58.0 Å². The Morgan fingerprint density at radius 3 is 2.27 bits per heavy atom. The molecule has 1 aliphatic carbocycles. The molecule has 0 bridgehead atoms. The highest BCUT2D eigenvalue weighted by molar-refractivity contribution is 5.97. The van der Waals surface area contributed by atoms with Crippen LogP contribution in [0.1, 0.15) is 88.4 Å². The Balaban J connectivity index is 1.99. The van der Waals surface area contributed by atoms with E-state index in [-0.39, 0.29) is 16.4 Å². The minimum Gasteiger partial charge on any atom is -0.328 e. The minimum absolute atomic E-state index is 0.0223. The van der Waals surface area contributed by atoms with Crippen LogP contribution in [0.4, 0.5) is 24.5 Å². The van der Waals surface area contributed by atoms with E-state index in [0.29, 0.717) is 37.2 Å². The molecule has 2 atom stereocenters. The summed E-state index contributed by atoms with van der Waals surface area (Å²) in [5, 5.41) is 0. The molecule has 3 aromatic carbocycles. The van der Waals surface area contributed by atoms with Crippen LogP contribution in [0.5, 0.6) is 0 Å². The summed E-state index contributed by atoms with van der Waals surface area (Å²) in [7, 11) is 2.12. The molecule has 45 heavy (non-hydrogen) atoms. The molecule has 0 radical (unpaired) electrons. The summed E-state index contributed by atoms with van der Waals surface area (Å²) in [4.78, 5) is 7.61. The first-order chi connectivity index (χ1) is 21.5. The van der Waals surface area contributed by atoms with Gasteiger partial charge in [0.1, 0.15) is 23.5 Å². The van der Waals surface area contributed by atoms with Crippen molar-refractivity contribution in [1.29, 1.82) is 0 Å². The summed E-state index contributed by atoms with van der Waals surface area (Å²) in [6, 6.07) is 19.4. The van der Waals surface area contributed by atoms with E-state index in [4.69, 9.17) is 17.3 Å². The second-order valence-corrected chi connectivity index (χ2v) is 13.0. The van der Waals surface area contributed by atoms with Crippen molar-refractivity contribution in [2.24, 2.45) is 16.6 Å². The Bertz CT molecular complexity index is 1440. The van der Waals surface area contributed by atoms with E-state index in [2.05, 4.69) is 51.8 Å². The maximum absolute atomic E-state index is 14.5. The average molecular weight is 620 g/mol. The number of nitrogens with zero attached hydrogens (tertiary/aromatic N) is 3. The second-order valence-electron chi connectivity index (χ2n) is 13.0. The van der Waals surface area contributed by atoms with Crippen LogP contribution in [0.3, 0.4) is 0 Å². The molecule has 2 unspecified atom stereocenters. The number of aliphatic imine (C=N–C) groups is 1. The van der Waals surface area contributed by atoms with Crippen LogP contribution in [0.15, 0.2) is 84.1 Å². The predicted molar refractivity (Wildman–Crippen MR) is 182 cm³/mol. The monoisotopic (exact) mass is 619 g/mol. The molecule has 4 nitrogen and oxygen atoms in total. The third kappa shape index (κ3) is 8.06. The number of hydrogen-bond donors (Lipinski definition) is 1. The summed E-state index contributed by atoms with van der Waals surface area (Å²) in [5.74, 6) is 0.825. The van der Waals surface area contributed by atoms with Gasteiger partial charge in [0.2, 0.25) is 11.7 Å². The van der Waals surface area contributed by atoms with Gasteiger partial charge in [-0.05, 0) is 85.9 Å². The molecule has 242 valence electrons. The molecule has 0 aromatic heterocycles. The zero-order chi connectivity index (χ0) is 32.7. The third-order valence-corrected chi connectivity index (χ3v) is 8.98. The lowest BCUT2D eigenvalue weighted by Crippen LogP contribution is -2.55.